The molecule has 1 unspecified atom stereocenters. The Kier molecular flexibility index (Phi) is 3.54. The van der Waals surface area contributed by atoms with Gasteiger partial charge in [-0.1, -0.05) is 6.07 Å². The molecule has 0 radical (unpaired) electrons. The molecule has 0 fully saturated rings. The van der Waals surface area contributed by atoms with Gasteiger partial charge in [0.25, 0.3) is 0 Å². The second kappa shape index (κ2) is 5.09. The standard InChI is InChI=1S/C12H14N2OS/c1-9(10-3-2-5-14-8-10)15-11-4-6-16-12(11)7-13/h2-6,8-9H,7,13H2,1H3. The Balaban J connectivity index is 2.11. The third-order valence-corrected chi connectivity index (χ3v) is 3.27. The van der Waals surface area contributed by atoms with Gasteiger partial charge in [0.2, 0.25) is 0 Å². The van der Waals surface area contributed by atoms with E-state index in [9.17, 15) is 0 Å². The van der Waals surface area contributed by atoms with Crippen molar-refractivity contribution in [3.8, 4) is 5.75 Å². The summed E-state index contributed by atoms with van der Waals surface area (Å²) < 4.78 is 5.85. The minimum Gasteiger partial charge on any atom is -0.485 e. The molecule has 0 spiro atoms. The van der Waals surface area contributed by atoms with Gasteiger partial charge in [0.15, 0.2) is 0 Å². The molecule has 1 atom stereocenters. The van der Waals surface area contributed by atoms with Crippen LogP contribution in [0.25, 0.3) is 0 Å². The maximum absolute atomic E-state index is 5.85. The highest BCUT2D eigenvalue weighted by Crippen LogP contribution is 2.28. The van der Waals surface area contributed by atoms with Crippen LogP contribution in [0, 0.1) is 0 Å². The van der Waals surface area contributed by atoms with E-state index >= 15 is 0 Å². The Bertz CT molecular complexity index is 441. The van der Waals surface area contributed by atoms with Gasteiger partial charge in [-0.25, -0.2) is 0 Å². The van der Waals surface area contributed by atoms with E-state index in [0.717, 1.165) is 16.2 Å². The van der Waals surface area contributed by atoms with E-state index in [4.69, 9.17) is 10.5 Å². The molecule has 0 bridgehead atoms. The number of thiophene rings is 1. The van der Waals surface area contributed by atoms with E-state index in [-0.39, 0.29) is 6.10 Å². The fourth-order valence-electron chi connectivity index (χ4n) is 1.46. The van der Waals surface area contributed by atoms with Crippen molar-refractivity contribution in [2.45, 2.75) is 19.6 Å². The van der Waals surface area contributed by atoms with Crippen molar-refractivity contribution in [3.05, 3.63) is 46.4 Å². The summed E-state index contributed by atoms with van der Waals surface area (Å²) in [6.07, 6.45) is 3.57. The Morgan fingerprint density at radius 1 is 1.50 bits per heavy atom. The summed E-state index contributed by atoms with van der Waals surface area (Å²) in [5.41, 5.74) is 6.69. The van der Waals surface area contributed by atoms with E-state index in [0.29, 0.717) is 6.54 Å². The lowest BCUT2D eigenvalue weighted by Gasteiger charge is -2.14. The lowest BCUT2D eigenvalue weighted by atomic mass is 10.2. The molecule has 3 nitrogen and oxygen atoms in total. The Hall–Kier alpha value is -1.39. The molecule has 4 heteroatoms. The van der Waals surface area contributed by atoms with Gasteiger partial charge < -0.3 is 10.5 Å². The zero-order chi connectivity index (χ0) is 11.4. The first-order valence-corrected chi connectivity index (χ1v) is 6.02. The summed E-state index contributed by atoms with van der Waals surface area (Å²) in [4.78, 5) is 5.15. The topological polar surface area (TPSA) is 48.1 Å². The number of nitrogens with two attached hydrogens (primary N) is 1. The maximum atomic E-state index is 5.85. The predicted octanol–water partition coefficient (Wildman–Crippen LogP) is 2.74. The van der Waals surface area contributed by atoms with E-state index < -0.39 is 0 Å². The first kappa shape index (κ1) is 11.1. The maximum Gasteiger partial charge on any atom is 0.135 e. The van der Waals surface area contributed by atoms with Crippen LogP contribution < -0.4 is 10.5 Å². The monoisotopic (exact) mass is 234 g/mol. The zero-order valence-electron chi connectivity index (χ0n) is 9.09. The van der Waals surface area contributed by atoms with Gasteiger partial charge in [-0.3, -0.25) is 4.98 Å². The lowest BCUT2D eigenvalue weighted by molar-refractivity contribution is 0.225. The minimum absolute atomic E-state index is 0.00593. The normalized spacial score (nSPS) is 12.4. The summed E-state index contributed by atoms with van der Waals surface area (Å²) in [5, 5.41) is 1.99. The molecule has 0 aliphatic rings. The smallest absolute Gasteiger partial charge is 0.135 e. The summed E-state index contributed by atoms with van der Waals surface area (Å²) in [6.45, 7) is 2.53. The van der Waals surface area contributed by atoms with Crippen LogP contribution in [-0.4, -0.2) is 4.98 Å². The molecule has 0 saturated carbocycles. The minimum atomic E-state index is -0.00593. The first-order valence-electron chi connectivity index (χ1n) is 5.14. The molecular formula is C12H14N2OS. The Morgan fingerprint density at radius 3 is 3.06 bits per heavy atom. The molecule has 2 aromatic rings. The summed E-state index contributed by atoms with van der Waals surface area (Å²) >= 11 is 1.62. The third kappa shape index (κ3) is 2.40. The molecular weight excluding hydrogens is 220 g/mol. The van der Waals surface area contributed by atoms with Crippen molar-refractivity contribution in [1.82, 2.24) is 4.98 Å². The summed E-state index contributed by atoms with van der Waals surface area (Å²) in [7, 11) is 0. The van der Waals surface area contributed by atoms with E-state index in [1.165, 1.54) is 0 Å². The number of ether oxygens (including phenoxy) is 1. The van der Waals surface area contributed by atoms with Gasteiger partial charge >= 0.3 is 0 Å². The number of hydrogen-bond acceptors (Lipinski definition) is 4. The second-order valence-electron chi connectivity index (χ2n) is 3.46. The molecule has 0 aromatic carbocycles. The van der Waals surface area contributed by atoms with Crippen LogP contribution in [0.2, 0.25) is 0 Å². The molecule has 0 amide bonds. The number of nitrogens with zero attached hydrogens (tertiary/aromatic N) is 1. The fourth-order valence-corrected chi connectivity index (χ4v) is 2.14. The highest BCUT2D eigenvalue weighted by atomic mass is 32.1. The average Bonchev–Trinajstić information content (AvgIpc) is 2.77. The Morgan fingerprint density at radius 2 is 2.38 bits per heavy atom. The van der Waals surface area contributed by atoms with Gasteiger partial charge in [-0.05, 0) is 24.4 Å². The molecule has 0 saturated heterocycles. The quantitative estimate of drug-likeness (QED) is 0.884. The molecule has 84 valence electrons. The van der Waals surface area contributed by atoms with Crippen LogP contribution in [0.4, 0.5) is 0 Å². The average molecular weight is 234 g/mol. The predicted molar refractivity (Wildman–Crippen MR) is 65.5 cm³/mol. The van der Waals surface area contributed by atoms with Crippen molar-refractivity contribution < 1.29 is 4.74 Å². The molecule has 0 aliphatic carbocycles. The molecule has 2 rings (SSSR count). The van der Waals surface area contributed by atoms with Gasteiger partial charge in [0.1, 0.15) is 11.9 Å². The second-order valence-corrected chi connectivity index (χ2v) is 4.46. The highest BCUT2D eigenvalue weighted by molar-refractivity contribution is 7.10. The van der Waals surface area contributed by atoms with E-state index in [1.807, 2.05) is 36.7 Å². The third-order valence-electron chi connectivity index (χ3n) is 2.35. The van der Waals surface area contributed by atoms with E-state index in [1.54, 1.807) is 17.5 Å². The fraction of sp³-hybridized carbons (Fsp3) is 0.250. The number of aromatic nitrogens is 1. The number of pyridine rings is 1. The van der Waals surface area contributed by atoms with Gasteiger partial charge in [0, 0.05) is 24.5 Å². The van der Waals surface area contributed by atoms with Gasteiger partial charge in [0.05, 0.1) is 4.88 Å². The van der Waals surface area contributed by atoms with Crippen molar-refractivity contribution in [2.75, 3.05) is 0 Å². The summed E-state index contributed by atoms with van der Waals surface area (Å²) in [5.74, 6) is 0.879. The zero-order valence-corrected chi connectivity index (χ0v) is 9.91. The number of hydrogen-bond donors (Lipinski definition) is 1. The van der Waals surface area contributed by atoms with Gasteiger partial charge in [-0.15, -0.1) is 11.3 Å². The largest absolute Gasteiger partial charge is 0.485 e. The lowest BCUT2D eigenvalue weighted by Crippen LogP contribution is -2.05. The molecule has 2 aromatic heterocycles. The molecule has 2 heterocycles. The van der Waals surface area contributed by atoms with Crippen molar-refractivity contribution >= 4 is 11.3 Å². The van der Waals surface area contributed by atoms with E-state index in [2.05, 4.69) is 4.98 Å². The SMILES string of the molecule is CC(Oc1ccsc1CN)c1cccnc1. The van der Waals surface area contributed by atoms with Crippen LogP contribution in [0.15, 0.2) is 36.0 Å². The molecule has 0 aliphatic heterocycles. The first-order chi connectivity index (χ1) is 7.81. The van der Waals surface area contributed by atoms with Crippen molar-refractivity contribution in [1.29, 1.82) is 0 Å². The molecule has 2 N–H and O–H groups in total. The number of rotatable bonds is 4. The van der Waals surface area contributed by atoms with Crippen LogP contribution >= 0.6 is 11.3 Å². The molecule has 16 heavy (non-hydrogen) atoms. The van der Waals surface area contributed by atoms with Crippen molar-refractivity contribution in [2.24, 2.45) is 5.73 Å². The Labute approximate surface area is 98.9 Å². The van der Waals surface area contributed by atoms with Crippen LogP contribution in [0.5, 0.6) is 5.75 Å². The van der Waals surface area contributed by atoms with Crippen LogP contribution in [0.1, 0.15) is 23.5 Å². The van der Waals surface area contributed by atoms with Crippen LogP contribution in [0.3, 0.4) is 0 Å². The van der Waals surface area contributed by atoms with Crippen LogP contribution in [-0.2, 0) is 6.54 Å². The summed E-state index contributed by atoms with van der Waals surface area (Å²) in [6, 6.07) is 5.87. The van der Waals surface area contributed by atoms with Gasteiger partial charge in [-0.2, -0.15) is 0 Å². The van der Waals surface area contributed by atoms with Crippen molar-refractivity contribution in [3.63, 3.8) is 0 Å². The highest BCUT2D eigenvalue weighted by Gasteiger charge is 2.10.